The molecule has 5 heteroatoms. The highest BCUT2D eigenvalue weighted by Crippen LogP contribution is 2.24. The summed E-state index contributed by atoms with van der Waals surface area (Å²) in [6.45, 7) is 2.48. The molecule has 0 aromatic carbocycles. The van der Waals surface area contributed by atoms with Crippen molar-refractivity contribution in [1.82, 2.24) is 0 Å². The maximum absolute atomic E-state index is 10.3. The molecule has 1 heterocycles. The number of nitro groups is 1. The van der Waals surface area contributed by atoms with Crippen LogP contribution in [0.4, 0.5) is 5.88 Å². The summed E-state index contributed by atoms with van der Waals surface area (Å²) in [5.74, 6) is 0.551. The fraction of sp³-hybridized carbons (Fsp3) is 0.500. The molecule has 1 unspecified atom stereocenters. The van der Waals surface area contributed by atoms with Crippen LogP contribution in [0.1, 0.15) is 25.0 Å². The van der Waals surface area contributed by atoms with Crippen LogP contribution in [0.3, 0.4) is 0 Å². The van der Waals surface area contributed by atoms with Gasteiger partial charge in [0.05, 0.1) is 6.07 Å². The summed E-state index contributed by atoms with van der Waals surface area (Å²) in [5.41, 5.74) is 5.36. The fourth-order valence-electron chi connectivity index (χ4n) is 1.10. The molecular formula is C8H12N2O3. The van der Waals surface area contributed by atoms with Gasteiger partial charge in [-0.1, -0.05) is 6.92 Å². The first-order valence-electron chi connectivity index (χ1n) is 4.09. The predicted octanol–water partition coefficient (Wildman–Crippen LogP) is 1.64. The summed E-state index contributed by atoms with van der Waals surface area (Å²) in [6, 6.07) is 2.99. The lowest BCUT2D eigenvalue weighted by Gasteiger charge is -2.03. The van der Waals surface area contributed by atoms with Crippen LogP contribution in [0.5, 0.6) is 0 Å². The van der Waals surface area contributed by atoms with Crippen molar-refractivity contribution < 1.29 is 9.34 Å². The molecule has 0 aliphatic rings. The summed E-state index contributed by atoms with van der Waals surface area (Å²) in [7, 11) is 0. The van der Waals surface area contributed by atoms with Gasteiger partial charge in [0, 0.05) is 5.92 Å². The number of rotatable bonds is 4. The van der Waals surface area contributed by atoms with Gasteiger partial charge in [0.1, 0.15) is 10.7 Å². The molecule has 0 spiro atoms. The molecule has 1 atom stereocenters. The second-order valence-electron chi connectivity index (χ2n) is 2.91. The summed E-state index contributed by atoms with van der Waals surface area (Å²) in [4.78, 5) is 9.74. The molecule has 0 aliphatic heterocycles. The van der Waals surface area contributed by atoms with Crippen LogP contribution in [0.25, 0.3) is 0 Å². The average molecular weight is 184 g/mol. The van der Waals surface area contributed by atoms with Crippen LogP contribution < -0.4 is 5.73 Å². The first-order valence-corrected chi connectivity index (χ1v) is 4.09. The summed E-state index contributed by atoms with van der Waals surface area (Å²) in [6.07, 6.45) is 0.769. The number of hydrogen-bond donors (Lipinski definition) is 1. The smallest absolute Gasteiger partial charge is 0.406 e. The van der Waals surface area contributed by atoms with E-state index in [4.69, 9.17) is 10.2 Å². The van der Waals surface area contributed by atoms with Crippen molar-refractivity contribution in [3.05, 3.63) is 28.0 Å². The van der Waals surface area contributed by atoms with E-state index in [1.807, 2.05) is 6.92 Å². The molecule has 0 bridgehead atoms. The van der Waals surface area contributed by atoms with E-state index in [1.165, 1.54) is 6.07 Å². The van der Waals surface area contributed by atoms with Crippen LogP contribution in [0.2, 0.25) is 0 Å². The van der Waals surface area contributed by atoms with E-state index in [2.05, 4.69) is 0 Å². The molecule has 0 radical (unpaired) electrons. The monoisotopic (exact) mass is 184 g/mol. The van der Waals surface area contributed by atoms with Gasteiger partial charge in [-0.15, -0.1) is 0 Å². The largest absolute Gasteiger partial charge is 0.433 e. The first-order chi connectivity index (χ1) is 6.15. The highest BCUT2D eigenvalue weighted by molar-refractivity contribution is 5.19. The number of nitrogens with zero attached hydrogens (tertiary/aromatic N) is 1. The highest BCUT2D eigenvalue weighted by Gasteiger charge is 2.15. The van der Waals surface area contributed by atoms with Crippen LogP contribution in [0, 0.1) is 10.1 Å². The Hall–Kier alpha value is -1.36. The maximum Gasteiger partial charge on any atom is 0.433 e. The Morgan fingerprint density at radius 1 is 1.69 bits per heavy atom. The third-order valence-corrected chi connectivity index (χ3v) is 1.88. The van der Waals surface area contributed by atoms with E-state index < -0.39 is 4.92 Å². The first kappa shape index (κ1) is 9.73. The van der Waals surface area contributed by atoms with Crippen molar-refractivity contribution >= 4 is 5.88 Å². The predicted molar refractivity (Wildman–Crippen MR) is 47.4 cm³/mol. The van der Waals surface area contributed by atoms with E-state index in [-0.39, 0.29) is 11.8 Å². The minimum absolute atomic E-state index is 0.138. The van der Waals surface area contributed by atoms with Gasteiger partial charge in [0.2, 0.25) is 0 Å². The van der Waals surface area contributed by atoms with Gasteiger partial charge in [-0.2, -0.15) is 0 Å². The van der Waals surface area contributed by atoms with Gasteiger partial charge >= 0.3 is 5.88 Å². The molecule has 13 heavy (non-hydrogen) atoms. The van der Waals surface area contributed by atoms with Crippen LogP contribution in [-0.4, -0.2) is 11.5 Å². The Balaban J connectivity index is 2.73. The Morgan fingerprint density at radius 2 is 2.38 bits per heavy atom. The lowest BCUT2D eigenvalue weighted by atomic mass is 10.1. The van der Waals surface area contributed by atoms with E-state index in [0.29, 0.717) is 12.3 Å². The molecule has 0 aliphatic carbocycles. The Labute approximate surface area is 75.7 Å². The standard InChI is InChI=1S/C8H12N2O3/c1-6(4-5-9)7-2-3-8(13-7)10(11)12/h2-3,6H,4-5,9H2,1H3. The van der Waals surface area contributed by atoms with Gasteiger partial charge in [0.15, 0.2) is 0 Å². The van der Waals surface area contributed by atoms with Crippen molar-refractivity contribution in [1.29, 1.82) is 0 Å². The molecular weight excluding hydrogens is 172 g/mol. The highest BCUT2D eigenvalue weighted by atomic mass is 16.6. The zero-order chi connectivity index (χ0) is 9.84. The number of nitrogens with two attached hydrogens (primary N) is 1. The number of furan rings is 1. The summed E-state index contributed by atoms with van der Waals surface area (Å²) < 4.78 is 5.00. The summed E-state index contributed by atoms with van der Waals surface area (Å²) in [5, 5.41) is 10.3. The van der Waals surface area contributed by atoms with E-state index in [1.54, 1.807) is 6.07 Å². The fourth-order valence-corrected chi connectivity index (χ4v) is 1.10. The second-order valence-corrected chi connectivity index (χ2v) is 2.91. The SMILES string of the molecule is CC(CCN)c1ccc([N+](=O)[O-])o1. The zero-order valence-corrected chi connectivity index (χ0v) is 7.40. The van der Waals surface area contributed by atoms with Gasteiger partial charge in [0.25, 0.3) is 0 Å². The van der Waals surface area contributed by atoms with Gasteiger partial charge in [-0.05, 0) is 19.0 Å². The minimum Gasteiger partial charge on any atom is -0.406 e. The molecule has 72 valence electrons. The van der Waals surface area contributed by atoms with E-state index >= 15 is 0 Å². The zero-order valence-electron chi connectivity index (χ0n) is 7.40. The van der Waals surface area contributed by atoms with Crippen LogP contribution in [0.15, 0.2) is 16.5 Å². The van der Waals surface area contributed by atoms with Crippen molar-refractivity contribution in [3.63, 3.8) is 0 Å². The quantitative estimate of drug-likeness (QED) is 0.569. The molecule has 0 saturated carbocycles. The van der Waals surface area contributed by atoms with Crippen molar-refractivity contribution in [2.45, 2.75) is 19.3 Å². The normalized spacial score (nSPS) is 12.8. The Morgan fingerprint density at radius 3 is 2.85 bits per heavy atom. The van der Waals surface area contributed by atoms with Crippen molar-refractivity contribution in [2.75, 3.05) is 6.54 Å². The Bertz CT molecular complexity index is 295. The van der Waals surface area contributed by atoms with Gasteiger partial charge in [-0.3, -0.25) is 10.1 Å². The van der Waals surface area contributed by atoms with Crippen molar-refractivity contribution in [3.8, 4) is 0 Å². The molecule has 2 N–H and O–H groups in total. The molecule has 5 nitrogen and oxygen atoms in total. The Kier molecular flexibility index (Phi) is 3.02. The van der Waals surface area contributed by atoms with Gasteiger partial charge in [-0.25, -0.2) is 0 Å². The van der Waals surface area contributed by atoms with E-state index in [0.717, 1.165) is 6.42 Å². The van der Waals surface area contributed by atoms with E-state index in [9.17, 15) is 10.1 Å². The minimum atomic E-state index is -0.543. The van der Waals surface area contributed by atoms with Crippen LogP contribution >= 0.6 is 0 Å². The molecule has 1 aromatic rings. The maximum atomic E-state index is 10.3. The molecule has 0 fully saturated rings. The van der Waals surface area contributed by atoms with Gasteiger partial charge < -0.3 is 10.2 Å². The molecule has 0 amide bonds. The van der Waals surface area contributed by atoms with Crippen molar-refractivity contribution in [2.24, 2.45) is 5.73 Å². The molecule has 0 saturated heterocycles. The third kappa shape index (κ3) is 2.29. The summed E-state index contributed by atoms with van der Waals surface area (Å²) >= 11 is 0. The molecule has 1 aromatic heterocycles. The third-order valence-electron chi connectivity index (χ3n) is 1.88. The number of hydrogen-bond acceptors (Lipinski definition) is 4. The molecule has 1 rings (SSSR count). The second kappa shape index (κ2) is 4.04. The van der Waals surface area contributed by atoms with Crippen LogP contribution in [-0.2, 0) is 0 Å². The lowest BCUT2D eigenvalue weighted by Crippen LogP contribution is -2.03. The topological polar surface area (TPSA) is 82.3 Å². The average Bonchev–Trinajstić information content (AvgIpc) is 2.52. The lowest BCUT2D eigenvalue weighted by molar-refractivity contribution is -0.402.